The lowest BCUT2D eigenvalue weighted by Gasteiger charge is -2.27. The lowest BCUT2D eigenvalue weighted by atomic mass is 10.00. The number of hydrogen-bond donors (Lipinski definition) is 5. The van der Waals surface area contributed by atoms with Crippen LogP contribution in [0.4, 0.5) is 0 Å². The van der Waals surface area contributed by atoms with Gasteiger partial charge in [0.05, 0.1) is 18.8 Å². The van der Waals surface area contributed by atoms with E-state index in [0.29, 0.717) is 19.3 Å². The topological polar surface area (TPSA) is 110 Å². The zero-order chi connectivity index (χ0) is 41.0. The van der Waals surface area contributed by atoms with Crippen molar-refractivity contribution < 1.29 is 25.2 Å². The van der Waals surface area contributed by atoms with Crippen molar-refractivity contribution in [3.8, 4) is 0 Å². The minimum atomic E-state index is -1.29. The first kappa shape index (κ1) is 54.8. The predicted octanol–water partition coefficient (Wildman–Crippen LogP) is 13.5. The van der Waals surface area contributed by atoms with Crippen LogP contribution in [0.3, 0.4) is 0 Å². The van der Waals surface area contributed by atoms with E-state index in [2.05, 4.69) is 43.5 Å². The number of carbonyl (C=O) groups is 1. The van der Waals surface area contributed by atoms with Gasteiger partial charge in [-0.05, 0) is 51.4 Å². The standard InChI is InChI=1S/C50H97NO5/c1-3-5-7-9-11-13-15-17-19-20-21-22-23-24-25-26-27-28-29-30-32-34-36-38-40-42-44-48(54)50(56)51-46(45-52)49(55)47(53)43-41-39-37-35-33-31-18-16-14-12-10-8-6-4-2/h16,18,35,37,46-49,52-55H,3-15,17,19-34,36,38-45H2,1-2H3,(H,51,56)/b18-16+,37-35+. The molecule has 4 atom stereocenters. The van der Waals surface area contributed by atoms with Gasteiger partial charge in [-0.1, -0.05) is 231 Å². The zero-order valence-electron chi connectivity index (χ0n) is 37.4. The summed E-state index contributed by atoms with van der Waals surface area (Å²) in [4.78, 5) is 12.5. The van der Waals surface area contributed by atoms with Gasteiger partial charge in [-0.25, -0.2) is 0 Å². The van der Waals surface area contributed by atoms with E-state index in [0.717, 1.165) is 38.5 Å². The van der Waals surface area contributed by atoms with E-state index in [1.807, 2.05) is 0 Å². The molecule has 4 unspecified atom stereocenters. The average molecular weight is 792 g/mol. The molecule has 0 fully saturated rings. The van der Waals surface area contributed by atoms with Crippen LogP contribution in [0.2, 0.25) is 0 Å². The molecule has 6 nitrogen and oxygen atoms in total. The van der Waals surface area contributed by atoms with E-state index in [4.69, 9.17) is 0 Å². The molecule has 0 radical (unpaired) electrons. The summed E-state index contributed by atoms with van der Waals surface area (Å²) in [5.41, 5.74) is 0. The molecule has 0 aromatic carbocycles. The van der Waals surface area contributed by atoms with Crippen LogP contribution in [0, 0.1) is 0 Å². The number of amides is 1. The first-order chi connectivity index (χ1) is 27.5. The van der Waals surface area contributed by atoms with Crippen LogP contribution in [-0.2, 0) is 4.79 Å². The molecule has 0 aliphatic rings. The van der Waals surface area contributed by atoms with Gasteiger partial charge in [0, 0.05) is 0 Å². The van der Waals surface area contributed by atoms with Gasteiger partial charge >= 0.3 is 0 Å². The van der Waals surface area contributed by atoms with Gasteiger partial charge in [0.1, 0.15) is 12.2 Å². The number of unbranched alkanes of at least 4 members (excludes halogenated alkanes) is 32. The molecule has 0 spiro atoms. The maximum atomic E-state index is 12.5. The van der Waals surface area contributed by atoms with Crippen LogP contribution in [0.15, 0.2) is 24.3 Å². The number of hydrogen-bond acceptors (Lipinski definition) is 5. The molecule has 0 aliphatic carbocycles. The second-order valence-electron chi connectivity index (χ2n) is 17.2. The Morgan fingerprint density at radius 3 is 1.12 bits per heavy atom. The van der Waals surface area contributed by atoms with Crippen LogP contribution >= 0.6 is 0 Å². The highest BCUT2D eigenvalue weighted by Crippen LogP contribution is 2.17. The van der Waals surface area contributed by atoms with Gasteiger partial charge in [0.2, 0.25) is 5.91 Å². The van der Waals surface area contributed by atoms with Gasteiger partial charge in [-0.2, -0.15) is 0 Å². The third-order valence-electron chi connectivity index (χ3n) is 11.6. The van der Waals surface area contributed by atoms with Crippen LogP contribution in [0.5, 0.6) is 0 Å². The third kappa shape index (κ3) is 38.3. The summed E-state index contributed by atoms with van der Waals surface area (Å²) in [6.07, 6.45) is 52.3. The highest BCUT2D eigenvalue weighted by molar-refractivity contribution is 5.80. The van der Waals surface area contributed by atoms with E-state index in [9.17, 15) is 25.2 Å². The van der Waals surface area contributed by atoms with E-state index in [-0.39, 0.29) is 0 Å². The second-order valence-corrected chi connectivity index (χ2v) is 17.2. The van der Waals surface area contributed by atoms with E-state index in [1.165, 1.54) is 186 Å². The zero-order valence-corrected chi connectivity index (χ0v) is 37.4. The largest absolute Gasteiger partial charge is 0.394 e. The first-order valence-corrected chi connectivity index (χ1v) is 24.7. The molecule has 0 aromatic heterocycles. The molecule has 0 rings (SSSR count). The van der Waals surface area contributed by atoms with Crippen LogP contribution in [0.1, 0.15) is 258 Å². The summed E-state index contributed by atoms with van der Waals surface area (Å²) < 4.78 is 0. The quantitative estimate of drug-likeness (QED) is 0.0312. The van der Waals surface area contributed by atoms with Gasteiger partial charge in [-0.15, -0.1) is 0 Å². The molecule has 332 valence electrons. The van der Waals surface area contributed by atoms with Crippen molar-refractivity contribution in [3.05, 3.63) is 24.3 Å². The predicted molar refractivity (Wildman–Crippen MR) is 242 cm³/mol. The summed E-state index contributed by atoms with van der Waals surface area (Å²) in [6, 6.07) is -1.00. The lowest BCUT2D eigenvalue weighted by molar-refractivity contribution is -0.132. The highest BCUT2D eigenvalue weighted by atomic mass is 16.3. The Morgan fingerprint density at radius 2 is 0.750 bits per heavy atom. The molecule has 0 saturated heterocycles. The van der Waals surface area contributed by atoms with Crippen LogP contribution in [-0.4, -0.2) is 57.3 Å². The van der Waals surface area contributed by atoms with Crippen LogP contribution < -0.4 is 5.32 Å². The molecular weight excluding hydrogens is 695 g/mol. The monoisotopic (exact) mass is 792 g/mol. The number of nitrogens with one attached hydrogen (secondary N) is 1. The number of aliphatic hydroxyl groups is 4. The third-order valence-corrected chi connectivity index (χ3v) is 11.6. The normalized spacial score (nSPS) is 14.2. The SMILES string of the molecule is CCCCCCC/C=C/CC/C=C/CCCC(O)C(O)C(CO)NC(=O)C(O)CCCCCCCCCCCCCCCCCCCCCCCCCCCC. The second kappa shape index (κ2) is 44.9. The van der Waals surface area contributed by atoms with Gasteiger partial charge in [-0.3, -0.25) is 4.79 Å². The molecule has 56 heavy (non-hydrogen) atoms. The van der Waals surface area contributed by atoms with Crippen molar-refractivity contribution in [1.82, 2.24) is 5.32 Å². The van der Waals surface area contributed by atoms with E-state index < -0.39 is 36.9 Å². The average Bonchev–Trinajstić information content (AvgIpc) is 3.20. The first-order valence-electron chi connectivity index (χ1n) is 24.7. The molecular formula is C50H97NO5. The van der Waals surface area contributed by atoms with Gasteiger partial charge in [0.25, 0.3) is 0 Å². The summed E-state index contributed by atoms with van der Waals surface area (Å²) in [7, 11) is 0. The number of allylic oxidation sites excluding steroid dienone is 4. The number of carbonyl (C=O) groups excluding carboxylic acids is 1. The molecule has 6 heteroatoms. The fraction of sp³-hybridized carbons (Fsp3) is 0.900. The fourth-order valence-corrected chi connectivity index (χ4v) is 7.72. The molecule has 0 saturated carbocycles. The van der Waals surface area contributed by atoms with Crippen molar-refractivity contribution in [2.75, 3.05) is 6.61 Å². The Morgan fingerprint density at radius 1 is 0.429 bits per heavy atom. The smallest absolute Gasteiger partial charge is 0.249 e. The Hall–Kier alpha value is -1.21. The highest BCUT2D eigenvalue weighted by Gasteiger charge is 2.28. The van der Waals surface area contributed by atoms with Crippen LogP contribution in [0.25, 0.3) is 0 Å². The van der Waals surface area contributed by atoms with Gasteiger partial charge < -0.3 is 25.7 Å². The lowest BCUT2D eigenvalue weighted by Crippen LogP contribution is -2.53. The van der Waals surface area contributed by atoms with Gasteiger partial charge in [0.15, 0.2) is 0 Å². The summed E-state index contributed by atoms with van der Waals surface area (Å²) in [6.45, 7) is 4.04. The van der Waals surface area contributed by atoms with Crippen molar-refractivity contribution in [2.24, 2.45) is 0 Å². The Balaban J connectivity index is 3.65. The molecule has 1 amide bonds. The Labute approximate surface area is 348 Å². The summed E-state index contributed by atoms with van der Waals surface area (Å²) in [5, 5.41) is 43.7. The minimum Gasteiger partial charge on any atom is -0.394 e. The van der Waals surface area contributed by atoms with Crippen molar-refractivity contribution in [1.29, 1.82) is 0 Å². The van der Waals surface area contributed by atoms with Crippen molar-refractivity contribution >= 4 is 5.91 Å². The molecule has 0 aromatic rings. The number of rotatable bonds is 45. The van der Waals surface area contributed by atoms with Crippen molar-refractivity contribution in [3.63, 3.8) is 0 Å². The summed E-state index contributed by atoms with van der Waals surface area (Å²) >= 11 is 0. The fourth-order valence-electron chi connectivity index (χ4n) is 7.72. The Bertz CT molecular complexity index is 847. The van der Waals surface area contributed by atoms with Crippen molar-refractivity contribution in [2.45, 2.75) is 282 Å². The Kier molecular flexibility index (Phi) is 43.9. The molecule has 0 aliphatic heterocycles. The molecule has 0 heterocycles. The summed E-state index contributed by atoms with van der Waals surface area (Å²) in [5.74, 6) is -0.594. The van der Waals surface area contributed by atoms with E-state index >= 15 is 0 Å². The molecule has 5 N–H and O–H groups in total. The maximum Gasteiger partial charge on any atom is 0.249 e. The number of aliphatic hydroxyl groups excluding tert-OH is 4. The van der Waals surface area contributed by atoms with E-state index in [1.54, 1.807) is 0 Å². The molecule has 0 bridgehead atoms. The minimum absolute atomic E-state index is 0.364. The maximum absolute atomic E-state index is 12.5.